The van der Waals surface area contributed by atoms with Gasteiger partial charge in [-0.2, -0.15) is 5.10 Å². The lowest BCUT2D eigenvalue weighted by atomic mass is 10.0. The molecule has 1 atom stereocenters. The highest BCUT2D eigenvalue weighted by atomic mass is 16.5. The summed E-state index contributed by atoms with van der Waals surface area (Å²) >= 11 is 0. The number of hydrogen-bond acceptors (Lipinski definition) is 5. The maximum Gasteiger partial charge on any atom is 0.328 e. The van der Waals surface area contributed by atoms with Gasteiger partial charge in [0, 0.05) is 5.92 Å². The van der Waals surface area contributed by atoms with Gasteiger partial charge in [0.1, 0.15) is 6.04 Å². The molecule has 1 aromatic heterocycles. The average molecular weight is 294 g/mol. The number of ether oxygens (including phenoxy) is 1. The highest BCUT2D eigenvalue weighted by Gasteiger charge is 2.31. The third-order valence-electron chi connectivity index (χ3n) is 3.53. The van der Waals surface area contributed by atoms with Crippen LogP contribution in [0.1, 0.15) is 55.2 Å². The van der Waals surface area contributed by atoms with Crippen molar-refractivity contribution < 1.29 is 14.3 Å². The fraction of sp³-hybridized carbons (Fsp3) is 0.643. The molecule has 7 nitrogen and oxygen atoms in total. The number of methoxy groups -OCH3 is 1. The largest absolute Gasteiger partial charge is 0.467 e. The van der Waals surface area contributed by atoms with E-state index in [2.05, 4.69) is 15.5 Å². The van der Waals surface area contributed by atoms with Crippen LogP contribution in [0.4, 0.5) is 5.69 Å². The number of rotatable bonds is 6. The molecule has 0 spiro atoms. The summed E-state index contributed by atoms with van der Waals surface area (Å²) in [6.45, 7) is 3.94. The number of anilines is 1. The Hall–Kier alpha value is -2.05. The van der Waals surface area contributed by atoms with E-state index in [0.717, 1.165) is 18.5 Å². The Morgan fingerprint density at radius 2 is 2.14 bits per heavy atom. The number of nitrogens with zero attached hydrogens (tertiary/aromatic N) is 1. The summed E-state index contributed by atoms with van der Waals surface area (Å²) in [6.07, 6.45) is 2.62. The summed E-state index contributed by atoms with van der Waals surface area (Å²) in [4.78, 5) is 24.0. The Balaban J connectivity index is 2.09. The molecule has 1 unspecified atom stereocenters. The van der Waals surface area contributed by atoms with Crippen molar-refractivity contribution >= 4 is 17.6 Å². The molecular formula is C14H22N4O3. The van der Waals surface area contributed by atoms with Crippen LogP contribution in [0.15, 0.2) is 0 Å². The van der Waals surface area contributed by atoms with Gasteiger partial charge in [0.2, 0.25) is 0 Å². The van der Waals surface area contributed by atoms with E-state index >= 15 is 0 Å². The molecule has 0 aromatic carbocycles. The number of nitrogens with two attached hydrogens (primary N) is 1. The van der Waals surface area contributed by atoms with Crippen molar-refractivity contribution in [1.29, 1.82) is 0 Å². The van der Waals surface area contributed by atoms with E-state index in [9.17, 15) is 9.59 Å². The lowest BCUT2D eigenvalue weighted by molar-refractivity contribution is -0.143. The molecular weight excluding hydrogens is 272 g/mol. The predicted octanol–water partition coefficient (Wildman–Crippen LogP) is 1.19. The molecule has 0 aliphatic heterocycles. The second kappa shape index (κ2) is 6.15. The van der Waals surface area contributed by atoms with E-state index in [1.54, 1.807) is 0 Å². The standard InChI is InChI=1S/C14H22N4O3/c1-7(2)6-9(14(20)21-3)16-13(19)12-10(15)11(17-18-12)8-4-5-8/h7-9H,4-6,15H2,1-3H3,(H,16,19)(H,17,18). The van der Waals surface area contributed by atoms with Crippen LogP contribution in [0.25, 0.3) is 0 Å². The summed E-state index contributed by atoms with van der Waals surface area (Å²) in [6, 6.07) is -0.692. The zero-order chi connectivity index (χ0) is 15.6. The Labute approximate surface area is 123 Å². The van der Waals surface area contributed by atoms with E-state index in [1.165, 1.54) is 7.11 Å². The molecule has 1 fully saturated rings. The average Bonchev–Trinajstić information content (AvgIpc) is 3.19. The van der Waals surface area contributed by atoms with Crippen LogP contribution in [-0.2, 0) is 9.53 Å². The number of H-pyrrole nitrogens is 1. The van der Waals surface area contributed by atoms with Crippen molar-refractivity contribution in [2.45, 2.75) is 45.1 Å². The van der Waals surface area contributed by atoms with Gasteiger partial charge in [0.25, 0.3) is 5.91 Å². The number of carbonyl (C=O) groups excluding carboxylic acids is 2. The van der Waals surface area contributed by atoms with Crippen LogP contribution < -0.4 is 11.1 Å². The summed E-state index contributed by atoms with van der Waals surface area (Å²) in [5.41, 5.74) is 7.30. The third kappa shape index (κ3) is 3.53. The first-order chi connectivity index (χ1) is 9.93. The number of esters is 1. The molecule has 1 aliphatic carbocycles. The quantitative estimate of drug-likeness (QED) is 0.682. The molecule has 0 saturated heterocycles. The van der Waals surface area contributed by atoms with Crippen LogP contribution >= 0.6 is 0 Å². The van der Waals surface area contributed by atoms with Gasteiger partial charge in [0.05, 0.1) is 18.5 Å². The zero-order valence-electron chi connectivity index (χ0n) is 12.6. The lowest BCUT2D eigenvalue weighted by Gasteiger charge is -2.17. The highest BCUT2D eigenvalue weighted by molar-refractivity contribution is 5.99. The van der Waals surface area contributed by atoms with Crippen molar-refractivity contribution in [2.24, 2.45) is 5.92 Å². The number of aromatic nitrogens is 2. The van der Waals surface area contributed by atoms with Crippen LogP contribution in [-0.4, -0.2) is 35.2 Å². The van der Waals surface area contributed by atoms with Gasteiger partial charge in [-0.05, 0) is 25.2 Å². The molecule has 1 saturated carbocycles. The molecule has 116 valence electrons. The van der Waals surface area contributed by atoms with E-state index < -0.39 is 17.9 Å². The maximum absolute atomic E-state index is 12.3. The molecule has 2 rings (SSSR count). The van der Waals surface area contributed by atoms with Crippen molar-refractivity contribution in [1.82, 2.24) is 15.5 Å². The minimum atomic E-state index is -0.692. The first-order valence-electron chi connectivity index (χ1n) is 7.16. The fourth-order valence-corrected chi connectivity index (χ4v) is 2.27. The summed E-state index contributed by atoms with van der Waals surface area (Å²) in [7, 11) is 1.30. The lowest BCUT2D eigenvalue weighted by Crippen LogP contribution is -2.42. The number of nitrogens with one attached hydrogen (secondary N) is 2. The molecule has 0 bridgehead atoms. The number of amides is 1. The van der Waals surface area contributed by atoms with Crippen LogP contribution in [0, 0.1) is 5.92 Å². The van der Waals surface area contributed by atoms with Gasteiger partial charge in [-0.25, -0.2) is 4.79 Å². The first-order valence-corrected chi connectivity index (χ1v) is 7.16. The summed E-state index contributed by atoms with van der Waals surface area (Å²) in [5.74, 6) is -0.292. The zero-order valence-corrected chi connectivity index (χ0v) is 12.6. The summed E-state index contributed by atoms with van der Waals surface area (Å²) < 4.78 is 4.72. The second-order valence-electron chi connectivity index (χ2n) is 5.85. The highest BCUT2D eigenvalue weighted by Crippen LogP contribution is 2.42. The van der Waals surface area contributed by atoms with Crippen LogP contribution in [0.5, 0.6) is 0 Å². The topological polar surface area (TPSA) is 110 Å². The van der Waals surface area contributed by atoms with Gasteiger partial charge < -0.3 is 15.8 Å². The van der Waals surface area contributed by atoms with E-state index in [0.29, 0.717) is 18.0 Å². The second-order valence-corrected chi connectivity index (χ2v) is 5.85. The summed E-state index contributed by atoms with van der Waals surface area (Å²) in [5, 5.41) is 9.46. The number of hydrogen-bond donors (Lipinski definition) is 3. The van der Waals surface area contributed by atoms with E-state index in [4.69, 9.17) is 10.5 Å². The van der Waals surface area contributed by atoms with Gasteiger partial charge in [-0.15, -0.1) is 0 Å². The SMILES string of the molecule is COC(=O)C(CC(C)C)NC(=O)c1n[nH]c(C2CC2)c1N. The third-order valence-corrected chi connectivity index (χ3v) is 3.53. The number of aromatic amines is 1. The molecule has 1 amide bonds. The minimum Gasteiger partial charge on any atom is -0.467 e. The molecule has 1 heterocycles. The first kappa shape index (κ1) is 15.3. The van der Waals surface area contributed by atoms with Gasteiger partial charge in [0.15, 0.2) is 5.69 Å². The van der Waals surface area contributed by atoms with E-state index in [1.807, 2.05) is 13.8 Å². The molecule has 21 heavy (non-hydrogen) atoms. The van der Waals surface area contributed by atoms with Crippen molar-refractivity contribution in [3.63, 3.8) is 0 Å². The van der Waals surface area contributed by atoms with Crippen molar-refractivity contribution in [3.05, 3.63) is 11.4 Å². The monoisotopic (exact) mass is 294 g/mol. The molecule has 0 radical (unpaired) electrons. The van der Waals surface area contributed by atoms with Crippen molar-refractivity contribution in [3.8, 4) is 0 Å². The Kier molecular flexibility index (Phi) is 4.50. The van der Waals surface area contributed by atoms with Crippen LogP contribution in [0.2, 0.25) is 0 Å². The molecule has 7 heteroatoms. The van der Waals surface area contributed by atoms with E-state index in [-0.39, 0.29) is 11.6 Å². The maximum atomic E-state index is 12.3. The molecule has 1 aromatic rings. The van der Waals surface area contributed by atoms with Gasteiger partial charge in [-0.1, -0.05) is 13.8 Å². The molecule has 1 aliphatic rings. The number of nitrogen functional groups attached to an aromatic ring is 1. The Morgan fingerprint density at radius 3 is 2.67 bits per heavy atom. The van der Waals surface area contributed by atoms with Crippen molar-refractivity contribution in [2.75, 3.05) is 12.8 Å². The normalized spacial score (nSPS) is 15.8. The predicted molar refractivity (Wildman–Crippen MR) is 77.7 cm³/mol. The van der Waals surface area contributed by atoms with Gasteiger partial charge >= 0.3 is 5.97 Å². The smallest absolute Gasteiger partial charge is 0.328 e. The Bertz CT molecular complexity index is 534. The minimum absolute atomic E-state index is 0.148. The van der Waals surface area contributed by atoms with Gasteiger partial charge in [-0.3, -0.25) is 9.89 Å². The van der Waals surface area contributed by atoms with Crippen LogP contribution in [0.3, 0.4) is 0 Å². The fourth-order valence-electron chi connectivity index (χ4n) is 2.27. The Morgan fingerprint density at radius 1 is 1.48 bits per heavy atom. The number of carbonyl (C=O) groups is 2. The molecule has 4 N–H and O–H groups in total.